The third-order valence-corrected chi connectivity index (χ3v) is 3.62. The molecule has 0 saturated carbocycles. The van der Waals surface area contributed by atoms with Gasteiger partial charge in [-0.2, -0.15) is 5.10 Å². The summed E-state index contributed by atoms with van der Waals surface area (Å²) in [6.07, 6.45) is 3.33. The van der Waals surface area contributed by atoms with Crippen molar-refractivity contribution >= 4 is 28.7 Å². The molecule has 0 aliphatic carbocycles. The number of hydrogen-bond acceptors (Lipinski definition) is 3. The molecule has 3 aromatic rings. The SMILES string of the molecule is CN(C)c1ccc(/C=N/NC(=O)c2c[nH]c3ccccc23)cc1. The summed E-state index contributed by atoms with van der Waals surface area (Å²) in [6, 6.07) is 15.6. The van der Waals surface area contributed by atoms with Gasteiger partial charge in [-0.05, 0) is 23.8 Å². The molecule has 0 spiro atoms. The predicted molar refractivity (Wildman–Crippen MR) is 94.1 cm³/mol. The highest BCUT2D eigenvalue weighted by atomic mass is 16.2. The van der Waals surface area contributed by atoms with Crippen molar-refractivity contribution in [3.63, 3.8) is 0 Å². The molecular weight excluding hydrogens is 288 g/mol. The molecule has 0 saturated heterocycles. The second-order valence-corrected chi connectivity index (χ2v) is 5.43. The Kier molecular flexibility index (Phi) is 4.10. The van der Waals surface area contributed by atoms with Gasteiger partial charge in [0.15, 0.2) is 0 Å². The number of H-pyrrole nitrogens is 1. The van der Waals surface area contributed by atoms with Crippen molar-refractivity contribution < 1.29 is 4.79 Å². The standard InChI is InChI=1S/C18H18N4O/c1-22(2)14-9-7-13(8-10-14)11-20-21-18(23)16-12-19-17-6-4-3-5-15(16)17/h3-12,19H,1-2H3,(H,21,23)/b20-11+. The van der Waals surface area contributed by atoms with Crippen molar-refractivity contribution in [2.24, 2.45) is 5.10 Å². The van der Waals surface area contributed by atoms with Gasteiger partial charge in [0.05, 0.1) is 11.8 Å². The van der Waals surface area contributed by atoms with E-state index >= 15 is 0 Å². The molecule has 0 bridgehead atoms. The molecule has 0 radical (unpaired) electrons. The molecule has 0 atom stereocenters. The summed E-state index contributed by atoms with van der Waals surface area (Å²) in [5, 5.41) is 4.91. The summed E-state index contributed by atoms with van der Waals surface area (Å²) in [5.41, 5.74) is 6.12. The number of carbonyl (C=O) groups is 1. The lowest BCUT2D eigenvalue weighted by Crippen LogP contribution is -2.17. The highest BCUT2D eigenvalue weighted by Crippen LogP contribution is 2.17. The third-order valence-electron chi connectivity index (χ3n) is 3.62. The second-order valence-electron chi connectivity index (χ2n) is 5.43. The van der Waals surface area contributed by atoms with Crippen molar-refractivity contribution in [3.8, 4) is 0 Å². The quantitative estimate of drug-likeness (QED) is 0.575. The van der Waals surface area contributed by atoms with Gasteiger partial charge in [-0.25, -0.2) is 5.43 Å². The van der Waals surface area contributed by atoms with E-state index in [2.05, 4.69) is 15.5 Å². The number of aromatic nitrogens is 1. The smallest absolute Gasteiger partial charge is 0.273 e. The van der Waals surface area contributed by atoms with Crippen LogP contribution in [0.15, 0.2) is 59.8 Å². The lowest BCUT2D eigenvalue weighted by atomic mass is 10.2. The summed E-state index contributed by atoms with van der Waals surface area (Å²) >= 11 is 0. The molecule has 0 aliphatic heterocycles. The van der Waals surface area contributed by atoms with Crippen molar-refractivity contribution in [2.45, 2.75) is 0 Å². The maximum absolute atomic E-state index is 12.2. The zero-order chi connectivity index (χ0) is 16.2. The number of hydrogen-bond donors (Lipinski definition) is 2. The molecule has 3 rings (SSSR count). The lowest BCUT2D eigenvalue weighted by Gasteiger charge is -2.11. The summed E-state index contributed by atoms with van der Waals surface area (Å²) in [7, 11) is 3.98. The normalized spacial score (nSPS) is 11.0. The molecule has 0 unspecified atom stereocenters. The van der Waals surface area contributed by atoms with Crippen LogP contribution in [0.25, 0.3) is 10.9 Å². The Hall–Kier alpha value is -3.08. The minimum Gasteiger partial charge on any atom is -0.378 e. The Labute approximate surface area is 134 Å². The number of nitrogens with zero attached hydrogens (tertiary/aromatic N) is 2. The maximum atomic E-state index is 12.2. The van der Waals surface area contributed by atoms with Crippen LogP contribution in [0.4, 0.5) is 5.69 Å². The molecule has 5 nitrogen and oxygen atoms in total. The highest BCUT2D eigenvalue weighted by molar-refractivity contribution is 6.06. The van der Waals surface area contributed by atoms with E-state index in [1.807, 2.05) is 67.5 Å². The van der Waals surface area contributed by atoms with Crippen LogP contribution in [0, 0.1) is 0 Å². The third kappa shape index (κ3) is 3.23. The highest BCUT2D eigenvalue weighted by Gasteiger charge is 2.10. The van der Waals surface area contributed by atoms with Crippen LogP contribution in [0.1, 0.15) is 15.9 Å². The van der Waals surface area contributed by atoms with Gasteiger partial charge in [-0.1, -0.05) is 30.3 Å². The van der Waals surface area contributed by atoms with E-state index in [9.17, 15) is 4.79 Å². The van der Waals surface area contributed by atoms with Gasteiger partial charge < -0.3 is 9.88 Å². The minimum atomic E-state index is -0.233. The number of fused-ring (bicyclic) bond motifs is 1. The van der Waals surface area contributed by atoms with Crippen LogP contribution in [0.2, 0.25) is 0 Å². The zero-order valence-electron chi connectivity index (χ0n) is 13.1. The van der Waals surface area contributed by atoms with Crippen molar-refractivity contribution in [1.82, 2.24) is 10.4 Å². The topological polar surface area (TPSA) is 60.5 Å². The van der Waals surface area contributed by atoms with Crippen LogP contribution in [0.3, 0.4) is 0 Å². The monoisotopic (exact) mass is 306 g/mol. The molecule has 1 aromatic heterocycles. The Bertz CT molecular complexity index is 847. The number of para-hydroxylation sites is 1. The van der Waals surface area contributed by atoms with Crippen molar-refractivity contribution in [1.29, 1.82) is 0 Å². The van der Waals surface area contributed by atoms with Gasteiger partial charge in [0.2, 0.25) is 0 Å². The van der Waals surface area contributed by atoms with Crippen LogP contribution < -0.4 is 10.3 Å². The number of rotatable bonds is 4. The Balaban J connectivity index is 1.69. The Morgan fingerprint density at radius 3 is 2.61 bits per heavy atom. The predicted octanol–water partition coefficient (Wildman–Crippen LogP) is 3.00. The fourth-order valence-corrected chi connectivity index (χ4v) is 2.34. The van der Waals surface area contributed by atoms with Crippen molar-refractivity contribution in [3.05, 3.63) is 65.9 Å². The number of benzene rings is 2. The second kappa shape index (κ2) is 6.36. The summed E-state index contributed by atoms with van der Waals surface area (Å²) < 4.78 is 0. The van der Waals surface area contributed by atoms with Crippen LogP contribution >= 0.6 is 0 Å². The van der Waals surface area contributed by atoms with Gasteiger partial charge in [-0.3, -0.25) is 4.79 Å². The Morgan fingerprint density at radius 1 is 1.13 bits per heavy atom. The molecule has 116 valence electrons. The average Bonchev–Trinajstić information content (AvgIpc) is 2.99. The van der Waals surface area contributed by atoms with E-state index in [1.54, 1.807) is 12.4 Å². The first kappa shape index (κ1) is 14.8. The number of hydrazone groups is 1. The van der Waals surface area contributed by atoms with Gasteiger partial charge in [0.25, 0.3) is 5.91 Å². The van der Waals surface area contributed by atoms with E-state index in [1.165, 1.54) is 0 Å². The number of anilines is 1. The maximum Gasteiger partial charge on any atom is 0.273 e. The molecule has 0 aliphatic rings. The zero-order valence-corrected chi connectivity index (χ0v) is 13.1. The summed E-state index contributed by atoms with van der Waals surface area (Å²) in [5.74, 6) is -0.233. The molecule has 23 heavy (non-hydrogen) atoms. The first-order valence-corrected chi connectivity index (χ1v) is 7.32. The minimum absolute atomic E-state index is 0.233. The average molecular weight is 306 g/mol. The van der Waals surface area contributed by atoms with Gasteiger partial charge in [0, 0.05) is 36.9 Å². The van der Waals surface area contributed by atoms with E-state index < -0.39 is 0 Å². The molecule has 2 N–H and O–H groups in total. The van der Waals surface area contributed by atoms with Crippen LogP contribution in [0.5, 0.6) is 0 Å². The lowest BCUT2D eigenvalue weighted by molar-refractivity contribution is 0.0957. The molecule has 0 fully saturated rings. The molecular formula is C18H18N4O. The van der Waals surface area contributed by atoms with Gasteiger partial charge in [0.1, 0.15) is 0 Å². The van der Waals surface area contributed by atoms with Crippen molar-refractivity contribution in [2.75, 3.05) is 19.0 Å². The van der Waals surface area contributed by atoms with E-state index in [0.29, 0.717) is 5.56 Å². The number of aromatic amines is 1. The summed E-state index contributed by atoms with van der Waals surface area (Å²) in [4.78, 5) is 17.3. The molecule has 2 aromatic carbocycles. The number of amides is 1. The van der Waals surface area contributed by atoms with Crippen LogP contribution in [-0.2, 0) is 0 Å². The van der Waals surface area contributed by atoms with E-state index in [0.717, 1.165) is 22.2 Å². The van der Waals surface area contributed by atoms with Gasteiger partial charge in [-0.15, -0.1) is 0 Å². The molecule has 1 heterocycles. The first-order valence-electron chi connectivity index (χ1n) is 7.32. The molecule has 5 heteroatoms. The fraction of sp³-hybridized carbons (Fsp3) is 0.111. The number of carbonyl (C=O) groups excluding carboxylic acids is 1. The first-order chi connectivity index (χ1) is 11.1. The van der Waals surface area contributed by atoms with Gasteiger partial charge >= 0.3 is 0 Å². The number of nitrogens with one attached hydrogen (secondary N) is 2. The van der Waals surface area contributed by atoms with E-state index in [-0.39, 0.29) is 5.91 Å². The van der Waals surface area contributed by atoms with E-state index in [4.69, 9.17) is 0 Å². The van der Waals surface area contributed by atoms with Crippen LogP contribution in [-0.4, -0.2) is 31.2 Å². The molecule has 1 amide bonds. The summed E-state index contributed by atoms with van der Waals surface area (Å²) in [6.45, 7) is 0. The fourth-order valence-electron chi connectivity index (χ4n) is 2.34. The Morgan fingerprint density at radius 2 is 1.87 bits per heavy atom. The largest absolute Gasteiger partial charge is 0.378 e.